The van der Waals surface area contributed by atoms with Crippen LogP contribution in [0.3, 0.4) is 0 Å². The Hall–Kier alpha value is -4.27. The van der Waals surface area contributed by atoms with Crippen molar-refractivity contribution in [1.29, 1.82) is 0 Å². The van der Waals surface area contributed by atoms with Gasteiger partial charge < -0.3 is 24.3 Å². The first-order valence-electron chi connectivity index (χ1n) is 9.98. The van der Waals surface area contributed by atoms with Crippen LogP contribution in [0.5, 0.6) is 17.2 Å². The van der Waals surface area contributed by atoms with Crippen molar-refractivity contribution in [2.75, 3.05) is 21.3 Å². The molecule has 0 heterocycles. The van der Waals surface area contributed by atoms with E-state index in [1.165, 1.54) is 33.5 Å². The van der Waals surface area contributed by atoms with Crippen molar-refractivity contribution in [3.63, 3.8) is 0 Å². The summed E-state index contributed by atoms with van der Waals surface area (Å²) >= 11 is 0. The lowest BCUT2D eigenvalue weighted by molar-refractivity contribution is -0.384. The fraction of sp³-hybridized carbons (Fsp3) is 0.208. The van der Waals surface area contributed by atoms with E-state index in [2.05, 4.69) is 5.32 Å². The van der Waals surface area contributed by atoms with Gasteiger partial charge in [-0.25, -0.2) is 4.79 Å². The number of hydrogen-bond acceptors (Lipinski definition) is 7. The molecule has 172 valence electrons. The predicted octanol–water partition coefficient (Wildman–Crippen LogP) is 4.64. The van der Waals surface area contributed by atoms with Crippen LogP contribution < -0.4 is 19.5 Å². The number of methoxy groups -OCH3 is 3. The molecule has 0 aliphatic rings. The van der Waals surface area contributed by atoms with Crippen LogP contribution >= 0.6 is 0 Å². The third-order valence-corrected chi connectivity index (χ3v) is 4.95. The number of nitrogens with zero attached hydrogens (tertiary/aromatic N) is 1. The molecule has 1 atom stereocenters. The minimum atomic E-state index is -0.787. The van der Waals surface area contributed by atoms with E-state index >= 15 is 0 Å². The minimum absolute atomic E-state index is 0.0715. The highest BCUT2D eigenvalue weighted by Gasteiger charge is 2.27. The number of non-ortho nitro benzene ring substituents is 1. The van der Waals surface area contributed by atoms with Gasteiger partial charge in [-0.3, -0.25) is 10.1 Å². The summed E-state index contributed by atoms with van der Waals surface area (Å²) in [6.07, 6.45) is -0.679. The molecule has 0 spiro atoms. The monoisotopic (exact) mass is 452 g/mol. The average molecular weight is 452 g/mol. The fourth-order valence-electron chi connectivity index (χ4n) is 3.31. The van der Waals surface area contributed by atoms with Crippen LogP contribution in [0.2, 0.25) is 0 Å². The number of amides is 1. The van der Waals surface area contributed by atoms with Gasteiger partial charge in [0.25, 0.3) is 5.69 Å². The minimum Gasteiger partial charge on any atom is -0.496 e. The second-order valence-electron chi connectivity index (χ2n) is 6.93. The highest BCUT2D eigenvalue weighted by atomic mass is 16.6. The maximum absolute atomic E-state index is 12.7. The number of ether oxygens (including phenoxy) is 4. The molecule has 1 amide bonds. The highest BCUT2D eigenvalue weighted by molar-refractivity contribution is 5.70. The van der Waals surface area contributed by atoms with Crippen LogP contribution in [0.1, 0.15) is 22.7 Å². The second-order valence-corrected chi connectivity index (χ2v) is 6.93. The molecule has 33 heavy (non-hydrogen) atoms. The Bertz CT molecular complexity index is 1080. The summed E-state index contributed by atoms with van der Waals surface area (Å²) in [4.78, 5) is 23.3. The lowest BCUT2D eigenvalue weighted by atomic mass is 9.96. The SMILES string of the molecule is COc1cc(OC)c(C(NC(=O)OCc2ccccc2)c2ccc([N+](=O)[O-])cc2)c(OC)c1. The number of hydrogen-bond donors (Lipinski definition) is 1. The zero-order valence-electron chi connectivity index (χ0n) is 18.4. The molecule has 0 saturated carbocycles. The quantitative estimate of drug-likeness (QED) is 0.372. The average Bonchev–Trinajstić information content (AvgIpc) is 2.86. The number of rotatable bonds is 9. The van der Waals surface area contributed by atoms with E-state index in [0.29, 0.717) is 28.4 Å². The van der Waals surface area contributed by atoms with Gasteiger partial charge in [0.15, 0.2) is 0 Å². The number of nitro groups is 1. The maximum atomic E-state index is 12.7. The Kier molecular flexibility index (Phi) is 7.69. The van der Waals surface area contributed by atoms with Crippen molar-refractivity contribution in [3.8, 4) is 17.2 Å². The normalized spacial score (nSPS) is 11.2. The Labute approximate surface area is 191 Å². The number of carbonyl (C=O) groups is 1. The third-order valence-electron chi connectivity index (χ3n) is 4.95. The van der Waals surface area contributed by atoms with E-state index in [9.17, 15) is 14.9 Å². The lowest BCUT2D eigenvalue weighted by Gasteiger charge is -2.24. The number of alkyl carbamates (subject to hydrolysis) is 1. The largest absolute Gasteiger partial charge is 0.496 e. The summed E-state index contributed by atoms with van der Waals surface area (Å²) < 4.78 is 21.8. The van der Waals surface area contributed by atoms with Gasteiger partial charge >= 0.3 is 6.09 Å². The first kappa shape index (κ1) is 23.4. The third kappa shape index (κ3) is 5.70. The van der Waals surface area contributed by atoms with Gasteiger partial charge in [0.2, 0.25) is 0 Å². The van der Waals surface area contributed by atoms with Crippen LogP contribution in [0.4, 0.5) is 10.5 Å². The molecule has 3 rings (SSSR count). The number of benzene rings is 3. The van der Waals surface area contributed by atoms with E-state index in [1.54, 1.807) is 24.3 Å². The van der Waals surface area contributed by atoms with E-state index in [-0.39, 0.29) is 12.3 Å². The van der Waals surface area contributed by atoms with Crippen LogP contribution in [0, 0.1) is 10.1 Å². The molecular formula is C24H24N2O7. The van der Waals surface area contributed by atoms with Gasteiger partial charge in [-0.05, 0) is 23.3 Å². The predicted molar refractivity (Wildman–Crippen MR) is 121 cm³/mol. The summed E-state index contributed by atoms with van der Waals surface area (Å²) in [7, 11) is 4.48. The van der Waals surface area contributed by atoms with Crippen molar-refractivity contribution >= 4 is 11.8 Å². The van der Waals surface area contributed by atoms with Crippen LogP contribution in [-0.4, -0.2) is 32.3 Å². The number of nitrogens with one attached hydrogen (secondary N) is 1. The van der Waals surface area contributed by atoms with E-state index < -0.39 is 17.1 Å². The lowest BCUT2D eigenvalue weighted by Crippen LogP contribution is -2.30. The van der Waals surface area contributed by atoms with E-state index in [1.807, 2.05) is 30.3 Å². The number of nitro benzene ring substituents is 1. The molecule has 1 N–H and O–H groups in total. The molecule has 0 aliphatic carbocycles. The van der Waals surface area contributed by atoms with Crippen molar-refractivity contribution in [2.45, 2.75) is 12.6 Å². The van der Waals surface area contributed by atoms with Crippen molar-refractivity contribution < 1.29 is 28.7 Å². The van der Waals surface area contributed by atoms with Crippen molar-refractivity contribution in [1.82, 2.24) is 5.32 Å². The molecule has 3 aromatic rings. The van der Waals surface area contributed by atoms with Crippen LogP contribution in [-0.2, 0) is 11.3 Å². The zero-order valence-corrected chi connectivity index (χ0v) is 18.4. The van der Waals surface area contributed by atoms with Crippen molar-refractivity contribution in [3.05, 3.63) is 93.5 Å². The van der Waals surface area contributed by atoms with E-state index in [4.69, 9.17) is 18.9 Å². The topological polar surface area (TPSA) is 109 Å². The molecule has 9 nitrogen and oxygen atoms in total. The summed E-state index contributed by atoms with van der Waals surface area (Å²) in [5.41, 5.74) is 1.84. The van der Waals surface area contributed by atoms with E-state index in [0.717, 1.165) is 5.56 Å². The molecule has 0 aromatic heterocycles. The number of carbonyl (C=O) groups excluding carboxylic acids is 1. The molecule has 0 aliphatic heterocycles. The first-order valence-corrected chi connectivity index (χ1v) is 9.98. The van der Waals surface area contributed by atoms with Gasteiger partial charge in [-0.15, -0.1) is 0 Å². The molecule has 1 unspecified atom stereocenters. The summed E-state index contributed by atoms with van der Waals surface area (Å²) in [5, 5.41) is 13.9. The smallest absolute Gasteiger partial charge is 0.408 e. The van der Waals surface area contributed by atoms with Gasteiger partial charge in [-0.1, -0.05) is 30.3 Å². The molecule has 0 fully saturated rings. The van der Waals surface area contributed by atoms with Crippen molar-refractivity contribution in [2.24, 2.45) is 0 Å². The van der Waals surface area contributed by atoms with Gasteiger partial charge in [0.05, 0.1) is 37.9 Å². The summed E-state index contributed by atoms with van der Waals surface area (Å²) in [6, 6.07) is 17.6. The Balaban J connectivity index is 1.98. The molecule has 0 bridgehead atoms. The summed E-state index contributed by atoms with van der Waals surface area (Å²) in [5.74, 6) is 1.30. The van der Waals surface area contributed by atoms with Gasteiger partial charge in [0, 0.05) is 24.3 Å². The van der Waals surface area contributed by atoms with Crippen LogP contribution in [0.25, 0.3) is 0 Å². The van der Waals surface area contributed by atoms with Gasteiger partial charge in [-0.2, -0.15) is 0 Å². The standard InChI is InChI=1S/C24H24N2O7/c1-30-19-13-20(31-2)22(21(14-19)32-3)23(17-9-11-18(12-10-17)26(28)29)25-24(27)33-15-16-7-5-4-6-8-16/h4-14,23H,15H2,1-3H3,(H,25,27). The Morgan fingerprint density at radius 1 is 0.939 bits per heavy atom. The molecule has 9 heteroatoms. The Morgan fingerprint density at radius 3 is 2.06 bits per heavy atom. The summed E-state index contributed by atoms with van der Waals surface area (Å²) in [6.45, 7) is 0.0799. The highest BCUT2D eigenvalue weighted by Crippen LogP contribution is 2.41. The molecular weight excluding hydrogens is 428 g/mol. The first-order chi connectivity index (χ1) is 16.0. The Morgan fingerprint density at radius 2 is 1.55 bits per heavy atom. The maximum Gasteiger partial charge on any atom is 0.408 e. The van der Waals surface area contributed by atoms with Gasteiger partial charge in [0.1, 0.15) is 23.9 Å². The molecule has 0 saturated heterocycles. The molecule has 3 aromatic carbocycles. The van der Waals surface area contributed by atoms with Crippen LogP contribution in [0.15, 0.2) is 66.7 Å². The zero-order chi connectivity index (χ0) is 23.8. The molecule has 0 radical (unpaired) electrons. The fourth-order valence-corrected chi connectivity index (χ4v) is 3.31. The second kappa shape index (κ2) is 10.9.